The van der Waals surface area contributed by atoms with Crippen molar-refractivity contribution in [2.45, 2.75) is 193 Å². The van der Waals surface area contributed by atoms with Gasteiger partial charge in [0.15, 0.2) is 23.1 Å². The van der Waals surface area contributed by atoms with Gasteiger partial charge in [-0.25, -0.2) is 0 Å². The topological polar surface area (TPSA) is 520 Å². The van der Waals surface area contributed by atoms with Gasteiger partial charge in [0.05, 0.1) is 81.0 Å². The van der Waals surface area contributed by atoms with Crippen molar-refractivity contribution in [3.63, 3.8) is 0 Å². The van der Waals surface area contributed by atoms with Crippen LogP contribution in [-0.2, 0) is 89.4 Å². The molecule has 0 heterocycles. The second kappa shape index (κ2) is 55.1. The SMILES string of the molecule is CC(CC(=O)C(C)NC(=O)CCOCCN=[N+]=[N-])C(=O)O.CC(Cc1ccc(O)c(N)c1)CC(C)C(C)(C)C.CC(Cc1ccc(OC(=O)C(C)CC(=O)C(C)NC(=O)CCOCCN=[N+]=[N-])c(NC(=O)C(C)CC(=O)C(C)NC(=O)CCOCCN=[N+]=[N-])c1)CC(C)C(C)(C)C.O=C=O.O=C=O. The number of carbonyl (C=O) groups is 9. The smallest absolute Gasteiger partial charge is 0.373 e. The van der Waals surface area contributed by atoms with Crippen LogP contribution in [0.4, 0.5) is 11.4 Å². The van der Waals surface area contributed by atoms with E-state index in [9.17, 15) is 48.3 Å². The normalized spacial score (nSPS) is 13.5. The van der Waals surface area contributed by atoms with Crippen LogP contribution in [0.15, 0.2) is 51.7 Å². The van der Waals surface area contributed by atoms with E-state index in [1.165, 1.54) is 46.6 Å². The summed E-state index contributed by atoms with van der Waals surface area (Å²) in [5.41, 5.74) is 33.7. The largest absolute Gasteiger partial charge is 0.506 e. The number of amides is 4. The zero-order valence-electron chi connectivity index (χ0n) is 62.6. The van der Waals surface area contributed by atoms with Gasteiger partial charge in [-0.15, -0.1) is 0 Å². The van der Waals surface area contributed by atoms with Gasteiger partial charge in [0.2, 0.25) is 23.6 Å². The molecule has 0 bridgehead atoms. The van der Waals surface area contributed by atoms with Gasteiger partial charge < -0.3 is 56.2 Å². The number of azide groups is 3. The number of benzene rings is 2. The number of nitrogens with one attached hydrogen (secondary N) is 4. The maximum atomic E-state index is 13.5. The number of carbonyl (C=O) groups excluding carboxylic acids is 12. The number of rotatable bonds is 43. The van der Waals surface area contributed by atoms with Crippen LogP contribution < -0.4 is 31.7 Å². The van der Waals surface area contributed by atoms with E-state index >= 15 is 0 Å². The number of ether oxygens (including phenoxy) is 4. The van der Waals surface area contributed by atoms with E-state index < -0.39 is 65.5 Å². The highest BCUT2D eigenvalue weighted by Gasteiger charge is 2.29. The summed E-state index contributed by atoms with van der Waals surface area (Å²) in [4.78, 5) is 151. The fourth-order valence-corrected chi connectivity index (χ4v) is 9.10. The minimum Gasteiger partial charge on any atom is -0.506 e. The number of Topliss-reactive ketones (excluding diaryl/α,β-unsaturated/α-hetero) is 3. The van der Waals surface area contributed by atoms with Crippen molar-refractivity contribution < 1.29 is 91.5 Å². The van der Waals surface area contributed by atoms with E-state index in [1.807, 2.05) is 18.2 Å². The molecule has 4 amide bonds. The second-order valence-electron chi connectivity index (χ2n) is 27.3. The highest BCUT2D eigenvalue weighted by Crippen LogP contribution is 2.35. The Labute approximate surface area is 603 Å². The zero-order valence-corrected chi connectivity index (χ0v) is 62.6. The molecule has 10 atom stereocenters. The number of nitrogen functional groups attached to an aromatic ring is 1. The Kier molecular flexibility index (Phi) is 52.2. The molecule has 2 aromatic carbocycles. The minimum atomic E-state index is -1.05. The summed E-state index contributed by atoms with van der Waals surface area (Å²) in [6, 6.07) is 8.23. The number of carboxylic acid groups (broad SMARTS) is 1. The van der Waals surface area contributed by atoms with Gasteiger partial charge >= 0.3 is 24.2 Å². The van der Waals surface area contributed by atoms with Crippen molar-refractivity contribution in [1.29, 1.82) is 0 Å². The lowest BCUT2D eigenvalue weighted by molar-refractivity contribution is -0.193. The molecule has 8 N–H and O–H groups in total. The van der Waals surface area contributed by atoms with Crippen LogP contribution >= 0.6 is 0 Å². The first kappa shape index (κ1) is 97.6. The summed E-state index contributed by atoms with van der Waals surface area (Å²) in [6.45, 7) is 32.9. The summed E-state index contributed by atoms with van der Waals surface area (Å²) in [5, 5.41) is 38.6. The monoisotopic (exact) mass is 1450 g/mol. The number of phenols is 1. The number of hydrogen-bond donors (Lipinski definition) is 7. The number of hydrogen-bond acceptors (Lipinski definition) is 22. The van der Waals surface area contributed by atoms with Gasteiger partial charge in [-0.1, -0.05) is 117 Å². The third-order valence-corrected chi connectivity index (χ3v) is 16.2. The Morgan fingerprint density at radius 3 is 1.20 bits per heavy atom. The Bertz CT molecular complexity index is 3190. The molecule has 0 radical (unpaired) electrons. The minimum absolute atomic E-state index is 0.00315. The molecule has 574 valence electrons. The number of carboxylic acids is 1. The summed E-state index contributed by atoms with van der Waals surface area (Å²) >= 11 is 0. The van der Waals surface area contributed by atoms with Crippen LogP contribution in [0.1, 0.15) is 173 Å². The molecule has 0 aliphatic rings. The first-order valence-corrected chi connectivity index (χ1v) is 33.9. The molecule has 103 heavy (non-hydrogen) atoms. The van der Waals surface area contributed by atoms with Crippen LogP contribution in [0, 0.1) is 52.3 Å². The zero-order chi connectivity index (χ0) is 79.4. The van der Waals surface area contributed by atoms with Crippen molar-refractivity contribution >= 4 is 76.6 Å². The number of aromatic hydroxyl groups is 1. The number of nitrogens with two attached hydrogens (primary N) is 1. The highest BCUT2D eigenvalue weighted by molar-refractivity contribution is 5.98. The first-order valence-electron chi connectivity index (χ1n) is 33.9. The summed E-state index contributed by atoms with van der Waals surface area (Å²) in [7, 11) is 0. The molecule has 2 aromatic rings. The van der Waals surface area contributed by atoms with Crippen molar-refractivity contribution in [2.24, 2.45) is 67.6 Å². The summed E-state index contributed by atoms with van der Waals surface area (Å²) in [6.07, 6.45) is 3.93. The van der Waals surface area contributed by atoms with Crippen LogP contribution in [0.2, 0.25) is 0 Å². The van der Waals surface area contributed by atoms with Gasteiger partial charge in [-0.2, -0.15) is 19.2 Å². The van der Waals surface area contributed by atoms with Crippen LogP contribution in [0.25, 0.3) is 31.3 Å². The standard InChI is InChI=1S/C40H63N9O9.C16H27NO.C12H20N4O5.2CO2/c1-25(20-28(4)40(7,8)9)21-31-10-11-35(58-39(55)27(3)23-34(51)30(6)46-37(53)13-17-57-19-15-44-49-42)32(24-31)47-38(54)26(2)22-33(50)29(5)45-36(52)12-16-56-18-14-43-48-41;1-11(8-12(2)16(3,4)5)9-13-6-7-15(18)14(17)10-13;1-8(12(19)20)7-10(17)9(2)15-11(18)3-5-21-6-4-14-16-13;2*2-1-3/h10-11,24-30H,12-23H2,1-9H3,(H,45,52)(H,46,53)(H,47,54);6-7,10-12,18H,8-9,17H2,1-5H3;8-9H,3-7H2,1-2H3,(H,15,18)(H,19,20);;. The summed E-state index contributed by atoms with van der Waals surface area (Å²) in [5.74, 6) is -4.69. The molecule has 10 unspecified atom stereocenters. The maximum absolute atomic E-state index is 13.5. The van der Waals surface area contributed by atoms with Crippen LogP contribution in [0.5, 0.6) is 11.5 Å². The Morgan fingerprint density at radius 1 is 0.524 bits per heavy atom. The van der Waals surface area contributed by atoms with E-state index in [1.54, 1.807) is 25.1 Å². The Hall–Kier alpha value is -9.56. The van der Waals surface area contributed by atoms with E-state index in [0.29, 0.717) is 41.2 Å². The number of ketones is 3. The maximum Gasteiger partial charge on any atom is 0.373 e. The number of aliphatic carboxylic acids is 1. The molecular formula is C70H110N14O19. The predicted molar refractivity (Wildman–Crippen MR) is 381 cm³/mol. The van der Waals surface area contributed by atoms with Crippen molar-refractivity contribution in [1.82, 2.24) is 16.0 Å². The summed E-state index contributed by atoms with van der Waals surface area (Å²) < 4.78 is 21.3. The quantitative estimate of drug-likeness (QED) is 0.00474. The first-order chi connectivity index (χ1) is 48.2. The molecular weight excluding hydrogens is 1340 g/mol. The van der Waals surface area contributed by atoms with E-state index in [-0.39, 0.29) is 156 Å². The van der Waals surface area contributed by atoms with Crippen molar-refractivity contribution in [3.8, 4) is 11.5 Å². The molecule has 0 saturated heterocycles. The Morgan fingerprint density at radius 2 is 0.864 bits per heavy atom. The number of nitrogens with zero attached hydrogens (tertiary/aromatic N) is 9. The average molecular weight is 1450 g/mol. The average Bonchev–Trinajstić information content (AvgIpc) is 0.836. The van der Waals surface area contributed by atoms with Crippen LogP contribution in [-0.4, -0.2) is 153 Å². The van der Waals surface area contributed by atoms with Gasteiger partial charge in [0, 0.05) is 78.8 Å². The van der Waals surface area contributed by atoms with E-state index in [0.717, 1.165) is 18.4 Å². The van der Waals surface area contributed by atoms with Crippen LogP contribution in [0.3, 0.4) is 0 Å². The molecule has 0 aromatic heterocycles. The van der Waals surface area contributed by atoms with Crippen molar-refractivity contribution in [3.05, 3.63) is 78.9 Å². The molecule has 0 aliphatic heterocycles. The molecule has 2 rings (SSSR count). The van der Waals surface area contributed by atoms with Gasteiger partial charge in [-0.05, 0) is 133 Å². The number of esters is 1. The van der Waals surface area contributed by atoms with Gasteiger partial charge in [-0.3, -0.25) is 43.2 Å². The number of phenolic OH excluding ortho intramolecular Hbond substituents is 1. The fourth-order valence-electron chi connectivity index (χ4n) is 9.10. The second-order valence-corrected chi connectivity index (χ2v) is 27.3. The molecule has 33 nitrogen and oxygen atoms in total. The van der Waals surface area contributed by atoms with E-state index in [2.05, 4.69) is 121 Å². The third kappa shape index (κ3) is 48.8. The molecule has 0 spiro atoms. The van der Waals surface area contributed by atoms with Gasteiger partial charge in [0.25, 0.3) is 0 Å². The molecule has 0 fully saturated rings. The van der Waals surface area contributed by atoms with E-state index in [4.69, 9.17) is 65.6 Å². The lowest BCUT2D eigenvalue weighted by atomic mass is 9.76. The highest BCUT2D eigenvalue weighted by atomic mass is 16.5. The predicted octanol–water partition coefficient (Wildman–Crippen LogP) is 10.4. The lowest BCUT2D eigenvalue weighted by Gasteiger charge is -2.29. The number of anilines is 2. The molecule has 33 heteroatoms. The third-order valence-electron chi connectivity index (χ3n) is 16.2. The molecule has 0 aliphatic carbocycles. The fraction of sp³-hybridized carbons (Fsp3) is 0.671. The molecule has 0 saturated carbocycles. The Balaban J connectivity index is -0.00000178. The van der Waals surface area contributed by atoms with Gasteiger partial charge in [0.1, 0.15) is 5.75 Å². The lowest BCUT2D eigenvalue weighted by Crippen LogP contribution is -2.40. The van der Waals surface area contributed by atoms with Crippen molar-refractivity contribution in [2.75, 3.05) is 70.3 Å².